The van der Waals surface area contributed by atoms with E-state index in [9.17, 15) is 4.79 Å². The molecule has 0 radical (unpaired) electrons. The first-order valence-corrected chi connectivity index (χ1v) is 13.2. The Labute approximate surface area is 191 Å². The second-order valence-corrected chi connectivity index (χ2v) is 12.3. The maximum absolute atomic E-state index is 11.5. The van der Waals surface area contributed by atoms with Crippen LogP contribution in [0.1, 0.15) is 106 Å². The molecule has 0 heterocycles. The van der Waals surface area contributed by atoms with E-state index < -0.39 is 0 Å². The predicted molar refractivity (Wildman–Crippen MR) is 129 cm³/mol. The van der Waals surface area contributed by atoms with Gasteiger partial charge in [0.15, 0.2) is 0 Å². The second-order valence-electron chi connectivity index (χ2n) is 12.3. The van der Waals surface area contributed by atoms with Crippen LogP contribution in [0.5, 0.6) is 0 Å². The molecule has 2 nitrogen and oxygen atoms in total. The molecule has 4 aliphatic rings. The Morgan fingerprint density at radius 3 is 2.61 bits per heavy atom. The van der Waals surface area contributed by atoms with E-state index in [1.165, 1.54) is 51.4 Å². The van der Waals surface area contributed by atoms with Gasteiger partial charge in [-0.1, -0.05) is 51.0 Å². The third kappa shape index (κ3) is 4.18. The van der Waals surface area contributed by atoms with Gasteiger partial charge < -0.3 is 4.74 Å². The van der Waals surface area contributed by atoms with Crippen LogP contribution in [0.2, 0.25) is 0 Å². The number of hydrogen-bond donors (Lipinski definition) is 0. The van der Waals surface area contributed by atoms with Crippen LogP contribution in [0, 0.1) is 40.4 Å². The topological polar surface area (TPSA) is 26.3 Å². The Morgan fingerprint density at radius 2 is 1.90 bits per heavy atom. The Morgan fingerprint density at radius 1 is 1.13 bits per heavy atom. The smallest absolute Gasteiger partial charge is 0.302 e. The fourth-order valence-corrected chi connectivity index (χ4v) is 8.50. The van der Waals surface area contributed by atoms with Crippen molar-refractivity contribution in [1.82, 2.24) is 0 Å². The fraction of sp³-hybridized carbons (Fsp3) is 0.828. The van der Waals surface area contributed by atoms with Crippen molar-refractivity contribution in [3.63, 3.8) is 0 Å². The normalized spacial score (nSPS) is 42.5. The number of rotatable bonds is 5. The maximum Gasteiger partial charge on any atom is 0.302 e. The minimum atomic E-state index is -0.120. The van der Waals surface area contributed by atoms with E-state index >= 15 is 0 Å². The average Bonchev–Trinajstić information content (AvgIpc) is 3.05. The van der Waals surface area contributed by atoms with Crippen LogP contribution in [0.3, 0.4) is 0 Å². The number of allylic oxidation sites excluding steroid dienone is 3. The van der Waals surface area contributed by atoms with Crippen molar-refractivity contribution < 1.29 is 9.53 Å². The fourth-order valence-electron chi connectivity index (χ4n) is 8.50. The predicted octanol–water partition coefficient (Wildman–Crippen LogP) is 7.88. The molecule has 0 amide bonds. The van der Waals surface area contributed by atoms with Crippen molar-refractivity contribution in [3.05, 3.63) is 23.3 Å². The summed E-state index contributed by atoms with van der Waals surface area (Å²) in [5, 5.41) is 0. The van der Waals surface area contributed by atoms with Crippen LogP contribution in [0.25, 0.3) is 0 Å². The molecule has 0 aliphatic heterocycles. The highest BCUT2D eigenvalue weighted by Gasteiger charge is 2.58. The number of esters is 1. The molecule has 3 saturated carbocycles. The van der Waals surface area contributed by atoms with Crippen molar-refractivity contribution >= 4 is 5.97 Å². The number of hydrogen-bond acceptors (Lipinski definition) is 2. The molecule has 0 aromatic heterocycles. The van der Waals surface area contributed by atoms with Crippen molar-refractivity contribution in [2.45, 2.75) is 112 Å². The summed E-state index contributed by atoms with van der Waals surface area (Å²) in [7, 11) is 0. The average molecular weight is 427 g/mol. The first kappa shape index (κ1) is 23.1. The van der Waals surface area contributed by atoms with Gasteiger partial charge >= 0.3 is 5.97 Å². The molecule has 174 valence electrons. The summed E-state index contributed by atoms with van der Waals surface area (Å²) in [6.45, 7) is 13.8. The van der Waals surface area contributed by atoms with Crippen molar-refractivity contribution in [2.24, 2.45) is 40.4 Å². The molecular formula is C29H46O2. The molecule has 0 saturated heterocycles. The Kier molecular flexibility index (Phi) is 6.50. The third-order valence-electron chi connectivity index (χ3n) is 10.2. The second kappa shape index (κ2) is 8.71. The molecule has 0 spiro atoms. The molecule has 0 aromatic carbocycles. The van der Waals surface area contributed by atoms with Gasteiger partial charge in [-0.15, -0.1) is 0 Å². The molecule has 31 heavy (non-hydrogen) atoms. The summed E-state index contributed by atoms with van der Waals surface area (Å²) in [6.07, 6.45) is 17.9. The van der Waals surface area contributed by atoms with Crippen LogP contribution < -0.4 is 0 Å². The summed E-state index contributed by atoms with van der Waals surface area (Å²) in [4.78, 5) is 11.5. The van der Waals surface area contributed by atoms with Gasteiger partial charge in [0.05, 0.1) is 0 Å². The lowest BCUT2D eigenvalue weighted by Crippen LogP contribution is -2.50. The maximum atomic E-state index is 11.5. The van der Waals surface area contributed by atoms with E-state index in [4.69, 9.17) is 4.74 Å². The number of ether oxygens (including phenoxy) is 1. The van der Waals surface area contributed by atoms with Gasteiger partial charge in [0.1, 0.15) is 6.10 Å². The molecule has 4 rings (SSSR count). The molecule has 0 N–H and O–H groups in total. The number of carbonyl (C=O) groups excluding carboxylic acids is 1. The number of carbonyl (C=O) groups is 1. The molecular weight excluding hydrogens is 380 g/mol. The SMILES string of the molecule is CC(=O)OC1CC[C@@]2(C)C(=CC[C@H]3[C@@H]4CC[C@H](/C(C)=C\CCC(C)C)[C@@]4(C)CC[C@@H]32)C1. The Balaban J connectivity index is 1.50. The zero-order valence-electron chi connectivity index (χ0n) is 21.0. The zero-order valence-corrected chi connectivity index (χ0v) is 21.0. The molecule has 7 atom stereocenters. The van der Waals surface area contributed by atoms with Gasteiger partial charge in [-0.25, -0.2) is 0 Å². The molecule has 1 unspecified atom stereocenters. The summed E-state index contributed by atoms with van der Waals surface area (Å²) in [5.74, 6) is 4.03. The molecule has 0 aromatic rings. The first-order chi connectivity index (χ1) is 14.6. The Bertz CT molecular complexity index is 746. The summed E-state index contributed by atoms with van der Waals surface area (Å²) in [6, 6.07) is 0. The lowest BCUT2D eigenvalue weighted by Gasteiger charge is -2.58. The monoisotopic (exact) mass is 426 g/mol. The van der Waals surface area contributed by atoms with Crippen LogP contribution in [-0.2, 0) is 9.53 Å². The van der Waals surface area contributed by atoms with E-state index in [0.29, 0.717) is 10.8 Å². The molecule has 4 aliphatic carbocycles. The van der Waals surface area contributed by atoms with Crippen LogP contribution in [-0.4, -0.2) is 12.1 Å². The van der Waals surface area contributed by atoms with Gasteiger partial charge in [0.2, 0.25) is 0 Å². The molecule has 0 bridgehead atoms. The number of fused-ring (bicyclic) bond motifs is 5. The summed E-state index contributed by atoms with van der Waals surface area (Å²) < 4.78 is 5.61. The largest absolute Gasteiger partial charge is 0.462 e. The molecule has 2 heteroatoms. The van der Waals surface area contributed by atoms with E-state index in [2.05, 4.69) is 46.8 Å². The van der Waals surface area contributed by atoms with Gasteiger partial charge in [0.25, 0.3) is 0 Å². The van der Waals surface area contributed by atoms with Gasteiger partial charge in [-0.2, -0.15) is 0 Å². The first-order valence-electron chi connectivity index (χ1n) is 13.2. The lowest BCUT2D eigenvalue weighted by atomic mass is 9.47. The summed E-state index contributed by atoms with van der Waals surface area (Å²) >= 11 is 0. The van der Waals surface area contributed by atoms with Crippen molar-refractivity contribution in [1.29, 1.82) is 0 Å². The minimum absolute atomic E-state index is 0.108. The highest BCUT2D eigenvalue weighted by molar-refractivity contribution is 5.66. The highest BCUT2D eigenvalue weighted by atomic mass is 16.5. The van der Waals surface area contributed by atoms with Crippen molar-refractivity contribution in [2.75, 3.05) is 0 Å². The zero-order chi connectivity index (χ0) is 22.4. The summed E-state index contributed by atoms with van der Waals surface area (Å²) in [5.41, 5.74) is 4.12. The van der Waals surface area contributed by atoms with E-state index in [-0.39, 0.29) is 12.1 Å². The third-order valence-corrected chi connectivity index (χ3v) is 10.2. The minimum Gasteiger partial charge on any atom is -0.462 e. The highest BCUT2D eigenvalue weighted by Crippen LogP contribution is 2.67. The van der Waals surface area contributed by atoms with Gasteiger partial charge in [0, 0.05) is 13.3 Å². The van der Waals surface area contributed by atoms with Crippen molar-refractivity contribution in [3.8, 4) is 0 Å². The van der Waals surface area contributed by atoms with E-state index in [1.54, 1.807) is 18.1 Å². The van der Waals surface area contributed by atoms with Gasteiger partial charge in [-0.3, -0.25) is 4.79 Å². The van der Waals surface area contributed by atoms with E-state index in [1.807, 2.05) is 0 Å². The van der Waals surface area contributed by atoms with Crippen LogP contribution in [0.15, 0.2) is 23.3 Å². The lowest BCUT2D eigenvalue weighted by molar-refractivity contribution is -0.148. The van der Waals surface area contributed by atoms with Crippen LogP contribution in [0.4, 0.5) is 0 Å². The van der Waals surface area contributed by atoms with Crippen LogP contribution >= 0.6 is 0 Å². The molecule has 3 fully saturated rings. The van der Waals surface area contributed by atoms with E-state index in [0.717, 1.165) is 42.4 Å². The van der Waals surface area contributed by atoms with Gasteiger partial charge in [-0.05, 0) is 105 Å². The Hall–Kier alpha value is -1.05. The standard InChI is InChI=1S/C29H46O2/c1-19(2)8-7-9-20(3)25-12-13-26-24-11-10-22-18-23(31-21(4)30)14-16-28(22,5)27(24)15-17-29(25,26)6/h9-10,19,23-27H,7-8,11-18H2,1-6H3/b20-9-/t23?,24-,25+,26-,27-,28-,29+/m0/s1. The quantitative estimate of drug-likeness (QED) is 0.330.